The zero-order valence-corrected chi connectivity index (χ0v) is 9.45. The van der Waals surface area contributed by atoms with E-state index in [4.69, 9.17) is 0 Å². The van der Waals surface area contributed by atoms with E-state index in [0.717, 1.165) is 11.9 Å². The molecule has 1 rings (SSSR count). The number of methoxy groups -OCH3 is 1. The Morgan fingerprint density at radius 3 is 2.41 bits per heavy atom. The van der Waals surface area contributed by atoms with E-state index in [2.05, 4.69) is 4.74 Å². The molecule has 0 aromatic heterocycles. The van der Waals surface area contributed by atoms with Gasteiger partial charge in [-0.3, -0.25) is 0 Å². The monoisotopic (exact) mass is 254 g/mol. The molecule has 0 saturated carbocycles. The number of hydrogen-bond donors (Lipinski definition) is 0. The lowest BCUT2D eigenvalue weighted by Gasteiger charge is -2.40. The van der Waals surface area contributed by atoms with Crippen LogP contribution in [0.1, 0.15) is 6.42 Å². The van der Waals surface area contributed by atoms with E-state index in [9.17, 15) is 22.8 Å². The molecule has 1 unspecified atom stereocenters. The summed E-state index contributed by atoms with van der Waals surface area (Å²) < 4.78 is 40.7. The van der Waals surface area contributed by atoms with E-state index in [1.165, 1.54) is 7.11 Å². The van der Waals surface area contributed by atoms with Crippen LogP contribution in [0.5, 0.6) is 0 Å². The van der Waals surface area contributed by atoms with Gasteiger partial charge in [0, 0.05) is 13.6 Å². The summed E-state index contributed by atoms with van der Waals surface area (Å²) in [4.78, 5) is 24.3. The molecule has 1 atom stereocenters. The fourth-order valence-corrected chi connectivity index (χ4v) is 1.55. The molecule has 1 aliphatic rings. The number of carbonyl (C=O) groups excluding carboxylic acids is 2. The van der Waals surface area contributed by atoms with Gasteiger partial charge < -0.3 is 14.5 Å². The summed E-state index contributed by atoms with van der Waals surface area (Å²) in [5.41, 5.74) is 0. The van der Waals surface area contributed by atoms with E-state index < -0.39 is 30.8 Å². The average molecular weight is 254 g/mol. The van der Waals surface area contributed by atoms with Gasteiger partial charge in [-0.2, -0.15) is 13.2 Å². The largest absolute Gasteiger partial charge is 0.467 e. The zero-order valence-electron chi connectivity index (χ0n) is 9.45. The number of rotatable bonds is 2. The topological polar surface area (TPSA) is 49.9 Å². The quantitative estimate of drug-likeness (QED) is 0.686. The molecule has 8 heteroatoms. The predicted molar refractivity (Wildman–Crippen MR) is 51.2 cm³/mol. The van der Waals surface area contributed by atoms with E-state index in [1.54, 1.807) is 0 Å². The van der Waals surface area contributed by atoms with Crippen LogP contribution in [-0.2, 0) is 9.53 Å². The van der Waals surface area contributed by atoms with Crippen molar-refractivity contribution in [2.75, 3.05) is 27.2 Å². The maximum atomic E-state index is 12.1. The number of ether oxygens (including phenoxy) is 1. The van der Waals surface area contributed by atoms with Crippen molar-refractivity contribution in [1.82, 2.24) is 9.80 Å². The minimum atomic E-state index is -4.45. The van der Waals surface area contributed by atoms with Gasteiger partial charge in [-0.15, -0.1) is 0 Å². The number of nitrogens with zero attached hydrogens (tertiary/aromatic N) is 2. The molecular formula is C9H13F3N2O3. The van der Waals surface area contributed by atoms with Crippen LogP contribution in [0.2, 0.25) is 0 Å². The minimum Gasteiger partial charge on any atom is -0.467 e. The predicted octanol–water partition coefficient (Wildman–Crippen LogP) is 0.848. The number of likely N-dealkylation sites (tertiary alicyclic amines) is 1. The first kappa shape index (κ1) is 13.6. The molecular weight excluding hydrogens is 241 g/mol. The Hall–Kier alpha value is -1.47. The highest BCUT2D eigenvalue weighted by molar-refractivity contribution is 5.85. The molecule has 0 bridgehead atoms. The maximum Gasteiger partial charge on any atom is 0.406 e. The van der Waals surface area contributed by atoms with Crippen LogP contribution >= 0.6 is 0 Å². The van der Waals surface area contributed by atoms with Gasteiger partial charge in [0.05, 0.1) is 7.11 Å². The molecule has 1 saturated heterocycles. The Kier molecular flexibility index (Phi) is 3.84. The molecule has 0 aromatic rings. The second-order valence-electron chi connectivity index (χ2n) is 3.77. The number of hydrogen-bond acceptors (Lipinski definition) is 3. The van der Waals surface area contributed by atoms with Gasteiger partial charge in [0.1, 0.15) is 12.6 Å². The van der Waals surface area contributed by atoms with Crippen LogP contribution in [0.4, 0.5) is 18.0 Å². The summed E-state index contributed by atoms with van der Waals surface area (Å²) in [6.07, 6.45) is -4.03. The third kappa shape index (κ3) is 3.24. The van der Waals surface area contributed by atoms with Crippen LogP contribution in [0, 0.1) is 0 Å². The van der Waals surface area contributed by atoms with Crippen molar-refractivity contribution < 1.29 is 27.5 Å². The number of carbonyl (C=O) groups is 2. The van der Waals surface area contributed by atoms with Gasteiger partial charge >= 0.3 is 18.2 Å². The van der Waals surface area contributed by atoms with Crippen LogP contribution in [0.25, 0.3) is 0 Å². The molecule has 0 spiro atoms. The molecule has 98 valence electrons. The first-order valence-corrected chi connectivity index (χ1v) is 4.92. The highest BCUT2D eigenvalue weighted by atomic mass is 19.4. The molecule has 0 aromatic carbocycles. The van der Waals surface area contributed by atoms with Crippen molar-refractivity contribution in [3.8, 4) is 0 Å². The minimum absolute atomic E-state index is 0.265. The zero-order chi connectivity index (χ0) is 13.2. The summed E-state index contributed by atoms with van der Waals surface area (Å²) in [6.45, 7) is -1.07. The van der Waals surface area contributed by atoms with Crippen molar-refractivity contribution in [2.24, 2.45) is 0 Å². The van der Waals surface area contributed by atoms with Crippen molar-refractivity contribution in [3.63, 3.8) is 0 Å². The smallest absolute Gasteiger partial charge is 0.406 e. The average Bonchev–Trinajstić information content (AvgIpc) is 2.13. The molecule has 2 amide bonds. The molecule has 1 fully saturated rings. The van der Waals surface area contributed by atoms with Gasteiger partial charge in [-0.25, -0.2) is 9.59 Å². The second kappa shape index (κ2) is 4.80. The molecule has 0 aliphatic carbocycles. The third-order valence-corrected chi connectivity index (χ3v) is 2.48. The summed E-state index contributed by atoms with van der Waals surface area (Å²) in [5, 5.41) is 0. The maximum absolute atomic E-state index is 12.1. The normalized spacial score (nSPS) is 19.6. The Balaban J connectivity index is 2.56. The number of esters is 1. The van der Waals surface area contributed by atoms with E-state index in [-0.39, 0.29) is 6.54 Å². The SMILES string of the molecule is COC(=O)C1CCN1C(=O)N(C)CC(F)(F)F. The lowest BCUT2D eigenvalue weighted by molar-refractivity contribution is -0.151. The Morgan fingerprint density at radius 2 is 2.06 bits per heavy atom. The van der Waals surface area contributed by atoms with Crippen molar-refractivity contribution in [3.05, 3.63) is 0 Å². The first-order valence-electron chi connectivity index (χ1n) is 4.92. The van der Waals surface area contributed by atoms with Crippen molar-refractivity contribution in [2.45, 2.75) is 18.6 Å². The molecule has 5 nitrogen and oxygen atoms in total. The fourth-order valence-electron chi connectivity index (χ4n) is 1.55. The third-order valence-electron chi connectivity index (χ3n) is 2.48. The second-order valence-corrected chi connectivity index (χ2v) is 3.77. The van der Waals surface area contributed by atoms with Gasteiger partial charge in [0.15, 0.2) is 0 Å². The van der Waals surface area contributed by atoms with E-state index in [0.29, 0.717) is 11.3 Å². The van der Waals surface area contributed by atoms with Crippen LogP contribution in [-0.4, -0.2) is 61.3 Å². The summed E-state index contributed by atoms with van der Waals surface area (Å²) in [6, 6.07) is -1.58. The Labute approximate surface area is 96.1 Å². The summed E-state index contributed by atoms with van der Waals surface area (Å²) in [5.74, 6) is -0.606. The van der Waals surface area contributed by atoms with Crippen molar-refractivity contribution in [1.29, 1.82) is 0 Å². The van der Waals surface area contributed by atoms with E-state index >= 15 is 0 Å². The number of amides is 2. The van der Waals surface area contributed by atoms with Gasteiger partial charge in [0.2, 0.25) is 0 Å². The number of alkyl halides is 3. The number of halogens is 3. The van der Waals surface area contributed by atoms with Gasteiger partial charge in [-0.1, -0.05) is 0 Å². The summed E-state index contributed by atoms with van der Waals surface area (Å²) >= 11 is 0. The van der Waals surface area contributed by atoms with Gasteiger partial charge in [0.25, 0.3) is 0 Å². The number of urea groups is 1. The lowest BCUT2D eigenvalue weighted by Crippen LogP contribution is -2.59. The lowest BCUT2D eigenvalue weighted by atomic mass is 10.0. The fraction of sp³-hybridized carbons (Fsp3) is 0.778. The standard InChI is InChI=1S/C9H13F3N2O3/c1-13(5-9(10,11)12)8(16)14-4-3-6(14)7(15)17-2/h6H,3-5H2,1-2H3. The Bertz CT molecular complexity index is 319. The molecule has 1 heterocycles. The Morgan fingerprint density at radius 1 is 1.47 bits per heavy atom. The van der Waals surface area contributed by atoms with Crippen molar-refractivity contribution >= 4 is 12.0 Å². The molecule has 0 N–H and O–H groups in total. The van der Waals surface area contributed by atoms with Crippen LogP contribution < -0.4 is 0 Å². The molecule has 1 aliphatic heterocycles. The first-order chi connectivity index (χ1) is 7.76. The molecule has 0 radical (unpaired) electrons. The van der Waals surface area contributed by atoms with E-state index in [1.807, 2.05) is 0 Å². The van der Waals surface area contributed by atoms with Crippen LogP contribution in [0.3, 0.4) is 0 Å². The highest BCUT2D eigenvalue weighted by Gasteiger charge is 2.41. The van der Waals surface area contributed by atoms with Gasteiger partial charge in [-0.05, 0) is 6.42 Å². The van der Waals surface area contributed by atoms with Crippen LogP contribution in [0.15, 0.2) is 0 Å². The molecule has 17 heavy (non-hydrogen) atoms. The highest BCUT2D eigenvalue weighted by Crippen LogP contribution is 2.22. The summed E-state index contributed by atoms with van der Waals surface area (Å²) in [7, 11) is 2.21.